The highest BCUT2D eigenvalue weighted by atomic mass is 16.5. The molecule has 1 N–H and O–H groups in total. The molecule has 1 atom stereocenters. The van der Waals surface area contributed by atoms with Crippen LogP contribution in [0.25, 0.3) is 0 Å². The Bertz CT molecular complexity index is 368. The van der Waals surface area contributed by atoms with Gasteiger partial charge in [-0.15, -0.1) is 0 Å². The number of hydrogen-bond donors (Lipinski definition) is 1. The van der Waals surface area contributed by atoms with Gasteiger partial charge in [0.05, 0.1) is 0 Å². The molecule has 1 amide bonds. The summed E-state index contributed by atoms with van der Waals surface area (Å²) in [4.78, 5) is 13.8. The molecule has 0 aliphatic carbocycles. The van der Waals surface area contributed by atoms with Crippen molar-refractivity contribution in [2.24, 2.45) is 0 Å². The molecule has 0 saturated carbocycles. The lowest BCUT2D eigenvalue weighted by Gasteiger charge is -2.23. The zero-order chi connectivity index (χ0) is 14.1. The van der Waals surface area contributed by atoms with E-state index in [4.69, 9.17) is 4.74 Å². The molecule has 0 radical (unpaired) electrons. The largest absolute Gasteiger partial charge is 0.484 e. The lowest BCUT2D eigenvalue weighted by Crippen LogP contribution is -2.38. The first kappa shape index (κ1) is 15.5. The van der Waals surface area contributed by atoms with Crippen LogP contribution in [0.3, 0.4) is 0 Å². The monoisotopic (exact) mass is 264 g/mol. The molecule has 0 unspecified atom stereocenters. The number of amides is 1. The average Bonchev–Trinajstić information content (AvgIpc) is 2.45. The minimum Gasteiger partial charge on any atom is -0.484 e. The number of nitrogens with zero attached hydrogens (tertiary/aromatic N) is 1. The number of rotatable bonds is 8. The van der Waals surface area contributed by atoms with Crippen molar-refractivity contribution in [2.45, 2.75) is 26.3 Å². The fourth-order valence-electron chi connectivity index (χ4n) is 1.62. The lowest BCUT2D eigenvalue weighted by molar-refractivity contribution is -0.123. The SMILES string of the molecule is CC[C@H](C)N(C)CCNC(=O)COc1ccccc1. The predicted octanol–water partition coefficient (Wildman–Crippen LogP) is 1.91. The molecule has 1 rings (SSSR count). The number of hydrogen-bond acceptors (Lipinski definition) is 3. The van der Waals surface area contributed by atoms with Gasteiger partial charge in [-0.25, -0.2) is 0 Å². The summed E-state index contributed by atoms with van der Waals surface area (Å²) in [6.45, 7) is 5.91. The van der Waals surface area contributed by atoms with E-state index in [0.717, 1.165) is 18.7 Å². The summed E-state index contributed by atoms with van der Waals surface area (Å²) in [5.41, 5.74) is 0. The molecule has 1 aromatic rings. The van der Waals surface area contributed by atoms with Gasteiger partial charge in [0.2, 0.25) is 0 Å². The molecule has 1 aromatic carbocycles. The normalized spacial score (nSPS) is 12.2. The van der Waals surface area contributed by atoms with E-state index < -0.39 is 0 Å². The van der Waals surface area contributed by atoms with Gasteiger partial charge in [0.25, 0.3) is 5.91 Å². The number of nitrogens with one attached hydrogen (secondary N) is 1. The van der Waals surface area contributed by atoms with Crippen LogP contribution in [0, 0.1) is 0 Å². The van der Waals surface area contributed by atoms with Gasteiger partial charge in [0.15, 0.2) is 6.61 Å². The zero-order valence-electron chi connectivity index (χ0n) is 12.1. The highest BCUT2D eigenvalue weighted by molar-refractivity contribution is 5.77. The fourth-order valence-corrected chi connectivity index (χ4v) is 1.62. The van der Waals surface area contributed by atoms with Gasteiger partial charge >= 0.3 is 0 Å². The molecule has 4 heteroatoms. The Morgan fingerprint density at radius 1 is 1.37 bits per heavy atom. The van der Waals surface area contributed by atoms with Gasteiger partial charge in [-0.3, -0.25) is 4.79 Å². The van der Waals surface area contributed by atoms with E-state index in [2.05, 4.69) is 31.1 Å². The van der Waals surface area contributed by atoms with Crippen LogP contribution in [0.2, 0.25) is 0 Å². The predicted molar refractivity (Wildman–Crippen MR) is 77.3 cm³/mol. The van der Waals surface area contributed by atoms with E-state index in [1.165, 1.54) is 0 Å². The van der Waals surface area contributed by atoms with Crippen molar-refractivity contribution in [3.8, 4) is 5.75 Å². The molecular weight excluding hydrogens is 240 g/mol. The third-order valence-electron chi connectivity index (χ3n) is 3.24. The first-order chi connectivity index (χ1) is 9.13. The van der Waals surface area contributed by atoms with Crippen LogP contribution >= 0.6 is 0 Å². The molecule has 0 spiro atoms. The molecule has 0 aromatic heterocycles. The molecule has 106 valence electrons. The minimum atomic E-state index is -0.0820. The van der Waals surface area contributed by atoms with Crippen molar-refractivity contribution in [1.29, 1.82) is 0 Å². The molecule has 19 heavy (non-hydrogen) atoms. The van der Waals surface area contributed by atoms with Crippen molar-refractivity contribution < 1.29 is 9.53 Å². The van der Waals surface area contributed by atoms with Crippen LogP contribution in [0.1, 0.15) is 20.3 Å². The van der Waals surface area contributed by atoms with E-state index in [1.807, 2.05) is 30.3 Å². The third kappa shape index (κ3) is 6.25. The Kier molecular flexibility index (Phi) is 6.97. The van der Waals surface area contributed by atoms with Crippen molar-refractivity contribution in [2.75, 3.05) is 26.7 Å². The molecule has 0 saturated heterocycles. The van der Waals surface area contributed by atoms with Gasteiger partial charge in [-0.1, -0.05) is 25.1 Å². The van der Waals surface area contributed by atoms with Gasteiger partial charge in [0, 0.05) is 19.1 Å². The zero-order valence-corrected chi connectivity index (χ0v) is 12.1. The Balaban J connectivity index is 2.15. The quantitative estimate of drug-likeness (QED) is 0.780. The van der Waals surface area contributed by atoms with E-state index in [9.17, 15) is 4.79 Å². The standard InChI is InChI=1S/C15H24N2O2/c1-4-13(2)17(3)11-10-16-15(18)12-19-14-8-6-5-7-9-14/h5-9,13H,4,10-12H2,1-3H3,(H,16,18)/t13-/m0/s1. The molecular formula is C15H24N2O2. The van der Waals surface area contributed by atoms with Crippen LogP contribution in [0.5, 0.6) is 5.75 Å². The summed E-state index contributed by atoms with van der Waals surface area (Å²) >= 11 is 0. The maximum atomic E-state index is 11.6. The number of likely N-dealkylation sites (N-methyl/N-ethyl adjacent to an activating group) is 1. The number of ether oxygens (including phenoxy) is 1. The molecule has 4 nitrogen and oxygen atoms in total. The topological polar surface area (TPSA) is 41.6 Å². The van der Waals surface area contributed by atoms with Gasteiger partial charge in [-0.2, -0.15) is 0 Å². The molecule has 0 fully saturated rings. The number of para-hydroxylation sites is 1. The third-order valence-corrected chi connectivity index (χ3v) is 3.24. The Morgan fingerprint density at radius 2 is 2.05 bits per heavy atom. The maximum absolute atomic E-state index is 11.6. The Hall–Kier alpha value is -1.55. The molecule has 0 heterocycles. The summed E-state index contributed by atoms with van der Waals surface area (Å²) in [6.07, 6.45) is 1.11. The lowest BCUT2D eigenvalue weighted by atomic mass is 10.2. The van der Waals surface area contributed by atoms with Crippen molar-refractivity contribution in [3.63, 3.8) is 0 Å². The second-order valence-electron chi connectivity index (χ2n) is 4.69. The van der Waals surface area contributed by atoms with E-state index in [-0.39, 0.29) is 12.5 Å². The van der Waals surface area contributed by atoms with Gasteiger partial charge in [0.1, 0.15) is 5.75 Å². The maximum Gasteiger partial charge on any atom is 0.257 e. The highest BCUT2D eigenvalue weighted by Crippen LogP contribution is 2.07. The van der Waals surface area contributed by atoms with Crippen LogP contribution < -0.4 is 10.1 Å². The second-order valence-corrected chi connectivity index (χ2v) is 4.69. The number of carbonyl (C=O) groups excluding carboxylic acids is 1. The fraction of sp³-hybridized carbons (Fsp3) is 0.533. The summed E-state index contributed by atoms with van der Waals surface area (Å²) in [7, 11) is 2.07. The van der Waals surface area contributed by atoms with Crippen molar-refractivity contribution >= 4 is 5.91 Å². The summed E-state index contributed by atoms with van der Waals surface area (Å²) in [6, 6.07) is 9.89. The molecule has 0 aliphatic rings. The minimum absolute atomic E-state index is 0.0665. The smallest absolute Gasteiger partial charge is 0.257 e. The van der Waals surface area contributed by atoms with E-state index in [1.54, 1.807) is 0 Å². The van der Waals surface area contributed by atoms with Gasteiger partial charge in [-0.05, 0) is 32.5 Å². The summed E-state index contributed by atoms with van der Waals surface area (Å²) < 4.78 is 5.37. The summed E-state index contributed by atoms with van der Waals surface area (Å²) in [5.74, 6) is 0.635. The van der Waals surface area contributed by atoms with Crippen LogP contribution in [0.4, 0.5) is 0 Å². The first-order valence-corrected chi connectivity index (χ1v) is 6.78. The Labute approximate surface area is 115 Å². The molecule has 0 aliphatic heterocycles. The summed E-state index contributed by atoms with van der Waals surface area (Å²) in [5, 5.41) is 2.86. The van der Waals surface area contributed by atoms with Crippen molar-refractivity contribution in [3.05, 3.63) is 30.3 Å². The second kappa shape index (κ2) is 8.53. The van der Waals surface area contributed by atoms with Crippen LogP contribution in [0.15, 0.2) is 30.3 Å². The number of carbonyl (C=O) groups is 1. The van der Waals surface area contributed by atoms with Crippen LogP contribution in [-0.2, 0) is 4.79 Å². The highest BCUT2D eigenvalue weighted by Gasteiger charge is 2.07. The Morgan fingerprint density at radius 3 is 2.68 bits per heavy atom. The first-order valence-electron chi connectivity index (χ1n) is 6.78. The average molecular weight is 264 g/mol. The molecule has 0 bridgehead atoms. The van der Waals surface area contributed by atoms with Gasteiger partial charge < -0.3 is 15.0 Å². The van der Waals surface area contributed by atoms with E-state index in [0.29, 0.717) is 12.6 Å². The van der Waals surface area contributed by atoms with Crippen LogP contribution in [-0.4, -0.2) is 43.6 Å². The van der Waals surface area contributed by atoms with E-state index >= 15 is 0 Å². The van der Waals surface area contributed by atoms with Crippen molar-refractivity contribution in [1.82, 2.24) is 10.2 Å². The number of benzene rings is 1.